The van der Waals surface area contributed by atoms with Gasteiger partial charge in [-0.25, -0.2) is 9.78 Å². The number of anilines is 1. The lowest BCUT2D eigenvalue weighted by Gasteiger charge is -2.07. The molecule has 4 aromatic carbocycles. The van der Waals surface area contributed by atoms with E-state index in [0.717, 1.165) is 37.1 Å². The second-order valence-electron chi connectivity index (χ2n) is 7.65. The molecule has 0 bridgehead atoms. The third kappa shape index (κ3) is 4.47. The molecule has 0 aliphatic carbocycles. The molecule has 5 aromatic rings. The summed E-state index contributed by atoms with van der Waals surface area (Å²) in [6.45, 7) is 0. The first-order valence-electron chi connectivity index (χ1n) is 10.5. The molecule has 1 amide bonds. The molecule has 1 heterocycles. The first-order chi connectivity index (χ1) is 16.1. The molecule has 0 spiro atoms. The molecule has 0 saturated carbocycles. The van der Waals surface area contributed by atoms with Crippen molar-refractivity contribution in [2.75, 3.05) is 12.4 Å². The van der Waals surface area contributed by atoms with Crippen molar-refractivity contribution in [2.24, 2.45) is 0 Å². The Morgan fingerprint density at radius 2 is 1.67 bits per heavy atom. The Hall–Kier alpha value is -4.03. The van der Waals surface area contributed by atoms with E-state index in [1.165, 1.54) is 18.4 Å². The van der Waals surface area contributed by atoms with Crippen molar-refractivity contribution in [1.82, 2.24) is 4.98 Å². The van der Waals surface area contributed by atoms with Crippen LogP contribution in [0.4, 0.5) is 5.69 Å². The van der Waals surface area contributed by atoms with E-state index in [1.54, 1.807) is 12.1 Å². The monoisotopic (exact) mass is 452 g/mol. The number of thiazole rings is 1. The summed E-state index contributed by atoms with van der Waals surface area (Å²) in [6, 6.07) is 27.3. The number of hydrogen-bond acceptors (Lipinski definition) is 5. The SMILES string of the molecule is COC(=O)c1ccc2cc(NC(=O)Cc3nc4ccc(-c5ccccc5)cc4s3)ccc2c1. The Morgan fingerprint density at radius 1 is 0.879 bits per heavy atom. The minimum atomic E-state index is -0.374. The zero-order valence-electron chi connectivity index (χ0n) is 17.9. The number of aromatic nitrogens is 1. The molecule has 33 heavy (non-hydrogen) atoms. The highest BCUT2D eigenvalue weighted by Gasteiger charge is 2.11. The maximum absolute atomic E-state index is 12.7. The maximum atomic E-state index is 12.7. The summed E-state index contributed by atoms with van der Waals surface area (Å²) in [6.07, 6.45) is 0.208. The number of fused-ring (bicyclic) bond motifs is 2. The topological polar surface area (TPSA) is 68.3 Å². The fourth-order valence-electron chi connectivity index (χ4n) is 3.77. The van der Waals surface area contributed by atoms with Crippen molar-refractivity contribution in [1.29, 1.82) is 0 Å². The van der Waals surface area contributed by atoms with Gasteiger partial charge in [-0.2, -0.15) is 0 Å². The molecular formula is C27H20N2O3S. The molecule has 6 heteroatoms. The molecular weight excluding hydrogens is 432 g/mol. The number of amides is 1. The van der Waals surface area contributed by atoms with E-state index in [2.05, 4.69) is 34.6 Å². The van der Waals surface area contributed by atoms with Crippen LogP contribution in [0.25, 0.3) is 32.1 Å². The van der Waals surface area contributed by atoms with Crippen LogP contribution in [0.15, 0.2) is 84.9 Å². The lowest BCUT2D eigenvalue weighted by molar-refractivity contribution is -0.115. The summed E-state index contributed by atoms with van der Waals surface area (Å²) in [5.74, 6) is -0.496. The van der Waals surface area contributed by atoms with E-state index in [9.17, 15) is 9.59 Å². The van der Waals surface area contributed by atoms with E-state index in [0.29, 0.717) is 11.3 Å². The number of nitrogens with zero attached hydrogens (tertiary/aromatic N) is 1. The van der Waals surface area contributed by atoms with E-state index in [1.807, 2.05) is 48.5 Å². The zero-order valence-corrected chi connectivity index (χ0v) is 18.7. The van der Waals surface area contributed by atoms with Crippen molar-refractivity contribution in [3.63, 3.8) is 0 Å². The number of methoxy groups -OCH3 is 1. The van der Waals surface area contributed by atoms with Gasteiger partial charge in [0.25, 0.3) is 0 Å². The third-order valence-corrected chi connectivity index (χ3v) is 6.41. The fourth-order valence-corrected chi connectivity index (χ4v) is 4.77. The van der Waals surface area contributed by atoms with Gasteiger partial charge in [0.05, 0.1) is 29.3 Å². The van der Waals surface area contributed by atoms with Crippen molar-refractivity contribution in [3.05, 3.63) is 95.5 Å². The summed E-state index contributed by atoms with van der Waals surface area (Å²) >= 11 is 1.54. The predicted octanol–water partition coefficient (Wildman–Crippen LogP) is 6.08. The van der Waals surface area contributed by atoms with Crippen molar-refractivity contribution >= 4 is 49.9 Å². The van der Waals surface area contributed by atoms with Crippen LogP contribution in [0.2, 0.25) is 0 Å². The van der Waals surface area contributed by atoms with E-state index in [4.69, 9.17) is 4.74 Å². The van der Waals surface area contributed by atoms with Crippen molar-refractivity contribution in [3.8, 4) is 11.1 Å². The molecule has 0 unspecified atom stereocenters. The van der Waals surface area contributed by atoms with Gasteiger partial charge in [0, 0.05) is 5.69 Å². The Labute approximate surface area is 194 Å². The number of rotatable bonds is 5. The molecule has 5 rings (SSSR count). The summed E-state index contributed by atoms with van der Waals surface area (Å²) in [7, 11) is 1.36. The van der Waals surface area contributed by atoms with E-state index < -0.39 is 0 Å². The zero-order chi connectivity index (χ0) is 22.8. The van der Waals surface area contributed by atoms with Gasteiger partial charge in [0.1, 0.15) is 5.01 Å². The number of benzene rings is 4. The van der Waals surface area contributed by atoms with Gasteiger partial charge in [-0.15, -0.1) is 11.3 Å². The fraction of sp³-hybridized carbons (Fsp3) is 0.0741. The molecule has 0 aliphatic rings. The van der Waals surface area contributed by atoms with Crippen molar-refractivity contribution < 1.29 is 14.3 Å². The van der Waals surface area contributed by atoms with Gasteiger partial charge < -0.3 is 10.1 Å². The molecule has 0 radical (unpaired) electrons. The van der Waals surface area contributed by atoms with Gasteiger partial charge in [0.2, 0.25) is 5.91 Å². The highest BCUT2D eigenvalue weighted by Crippen LogP contribution is 2.29. The minimum Gasteiger partial charge on any atom is -0.465 e. The van der Waals surface area contributed by atoms with Gasteiger partial charge >= 0.3 is 5.97 Å². The summed E-state index contributed by atoms with van der Waals surface area (Å²) < 4.78 is 5.83. The number of hydrogen-bond donors (Lipinski definition) is 1. The van der Waals surface area contributed by atoms with Gasteiger partial charge in [-0.1, -0.05) is 48.5 Å². The van der Waals surface area contributed by atoms with Crippen LogP contribution in [0, 0.1) is 0 Å². The van der Waals surface area contributed by atoms with Crippen molar-refractivity contribution in [2.45, 2.75) is 6.42 Å². The average molecular weight is 453 g/mol. The molecule has 1 aromatic heterocycles. The third-order valence-electron chi connectivity index (χ3n) is 5.40. The summed E-state index contributed by atoms with van der Waals surface area (Å²) in [5, 5.41) is 5.55. The maximum Gasteiger partial charge on any atom is 0.337 e. The molecule has 1 N–H and O–H groups in total. The standard InChI is InChI=1S/C27H20N2O3S/c1-32-27(31)21-8-7-19-14-22(11-9-18(19)13-21)28-25(30)16-26-29-23-12-10-20(15-24(23)33-26)17-5-3-2-4-6-17/h2-15H,16H2,1H3,(H,28,30). The van der Waals surface area contributed by atoms with E-state index >= 15 is 0 Å². The lowest BCUT2D eigenvalue weighted by atomic mass is 10.1. The summed E-state index contributed by atoms with van der Waals surface area (Å²) in [5.41, 5.74) is 4.38. The molecule has 0 atom stereocenters. The second-order valence-corrected chi connectivity index (χ2v) is 8.76. The van der Waals surface area contributed by atoms with Gasteiger partial charge in [0.15, 0.2) is 0 Å². The molecule has 162 valence electrons. The molecule has 0 fully saturated rings. The van der Waals surface area contributed by atoms with Crippen LogP contribution in [0.3, 0.4) is 0 Å². The Morgan fingerprint density at radius 3 is 2.48 bits per heavy atom. The highest BCUT2D eigenvalue weighted by atomic mass is 32.1. The Bertz CT molecular complexity index is 1490. The van der Waals surface area contributed by atoms with Crippen LogP contribution in [0.1, 0.15) is 15.4 Å². The van der Waals surface area contributed by atoms with Gasteiger partial charge in [-0.05, 0) is 58.3 Å². The van der Waals surface area contributed by atoms with Crippen LogP contribution >= 0.6 is 11.3 Å². The second kappa shape index (κ2) is 8.84. The average Bonchev–Trinajstić information content (AvgIpc) is 3.25. The number of esters is 1. The first-order valence-corrected chi connectivity index (χ1v) is 11.3. The molecule has 5 nitrogen and oxygen atoms in total. The quantitative estimate of drug-likeness (QED) is 0.328. The Kier molecular flexibility index (Phi) is 5.59. The van der Waals surface area contributed by atoms with E-state index in [-0.39, 0.29) is 18.3 Å². The summed E-state index contributed by atoms with van der Waals surface area (Å²) in [4.78, 5) is 29.0. The highest BCUT2D eigenvalue weighted by molar-refractivity contribution is 7.18. The molecule has 0 saturated heterocycles. The largest absolute Gasteiger partial charge is 0.465 e. The predicted molar refractivity (Wildman–Crippen MR) is 133 cm³/mol. The van der Waals surface area contributed by atoms with Crippen LogP contribution in [-0.2, 0) is 16.0 Å². The van der Waals surface area contributed by atoms with Crippen LogP contribution in [-0.4, -0.2) is 24.0 Å². The first kappa shape index (κ1) is 20.8. The number of carbonyl (C=O) groups excluding carboxylic acids is 2. The number of ether oxygens (including phenoxy) is 1. The Balaban J connectivity index is 1.31. The minimum absolute atomic E-state index is 0.122. The van der Waals surface area contributed by atoms with Crippen LogP contribution < -0.4 is 5.32 Å². The van der Waals surface area contributed by atoms with Gasteiger partial charge in [-0.3, -0.25) is 4.79 Å². The lowest BCUT2D eigenvalue weighted by Crippen LogP contribution is -2.14. The number of carbonyl (C=O) groups is 2. The van der Waals surface area contributed by atoms with Crippen LogP contribution in [0.5, 0.6) is 0 Å². The molecule has 0 aliphatic heterocycles. The number of nitrogens with one attached hydrogen (secondary N) is 1. The smallest absolute Gasteiger partial charge is 0.337 e. The normalized spacial score (nSPS) is 10.9.